The van der Waals surface area contributed by atoms with Gasteiger partial charge in [-0.15, -0.1) is 11.8 Å². The molecule has 0 radical (unpaired) electrons. The summed E-state index contributed by atoms with van der Waals surface area (Å²) < 4.78 is 26.7. The zero-order valence-corrected chi connectivity index (χ0v) is 10.5. The number of hydrogen-bond acceptors (Lipinski definition) is 2. The van der Waals surface area contributed by atoms with Crippen LogP contribution in [0.2, 0.25) is 0 Å². The van der Waals surface area contributed by atoms with Gasteiger partial charge in [-0.05, 0) is 26.0 Å². The number of rotatable bonds is 3. The van der Waals surface area contributed by atoms with Crippen molar-refractivity contribution in [3.63, 3.8) is 0 Å². The van der Waals surface area contributed by atoms with E-state index in [9.17, 15) is 8.42 Å². The van der Waals surface area contributed by atoms with Crippen molar-refractivity contribution in [3.8, 4) is 11.8 Å². The van der Waals surface area contributed by atoms with Crippen LogP contribution in [0.1, 0.15) is 12.5 Å². The van der Waals surface area contributed by atoms with E-state index in [-0.39, 0.29) is 30.3 Å². The Kier molecular flexibility index (Phi) is 6.48. The largest absolute Gasteiger partial charge is 1.00 e. The molecule has 0 aliphatic heterocycles. The van der Waals surface area contributed by atoms with Crippen molar-refractivity contribution in [2.24, 2.45) is 0 Å². The summed E-state index contributed by atoms with van der Waals surface area (Å²) in [5.74, 6) is 5.18. The minimum absolute atomic E-state index is 0. The predicted molar refractivity (Wildman–Crippen MR) is 60.0 cm³/mol. The molecular formula is C11H12LiNO2S. The average Bonchev–Trinajstić information content (AvgIpc) is 2.18. The maximum atomic E-state index is 11.6. The van der Waals surface area contributed by atoms with E-state index in [4.69, 9.17) is 0 Å². The molecule has 5 heteroatoms. The summed E-state index contributed by atoms with van der Waals surface area (Å²) >= 11 is 0. The fourth-order valence-corrected chi connectivity index (χ4v) is 1.84. The Morgan fingerprint density at radius 2 is 1.81 bits per heavy atom. The first-order valence-electron chi connectivity index (χ1n) is 4.46. The standard InChI is InChI=1S/C11H12NO2S.Li/c1-3-4-9-12-15(13,14)11-7-5-10(2)6-8-11;/h5-8H,9H2,1-2H3;/q-1;+1. The van der Waals surface area contributed by atoms with Crippen LogP contribution >= 0.6 is 0 Å². The van der Waals surface area contributed by atoms with E-state index in [1.54, 1.807) is 31.2 Å². The van der Waals surface area contributed by atoms with Gasteiger partial charge in [0.15, 0.2) is 0 Å². The minimum Gasteiger partial charge on any atom is -0.534 e. The monoisotopic (exact) mass is 229 g/mol. The SMILES string of the molecule is CC#CC[N-]S(=O)(=O)c1ccc(C)cc1.[Li+]. The molecule has 80 valence electrons. The Morgan fingerprint density at radius 3 is 2.31 bits per heavy atom. The second-order valence-electron chi connectivity index (χ2n) is 3.00. The third-order valence-electron chi connectivity index (χ3n) is 1.81. The van der Waals surface area contributed by atoms with Gasteiger partial charge in [-0.1, -0.05) is 24.2 Å². The van der Waals surface area contributed by atoms with Gasteiger partial charge in [-0.25, -0.2) is 8.42 Å². The molecule has 0 fully saturated rings. The third-order valence-corrected chi connectivity index (χ3v) is 3.15. The van der Waals surface area contributed by atoms with E-state index in [0.717, 1.165) is 5.56 Å². The molecule has 0 saturated heterocycles. The normalized spacial score (nSPS) is 9.88. The first-order chi connectivity index (χ1) is 7.06. The van der Waals surface area contributed by atoms with Crippen LogP contribution in [0.4, 0.5) is 0 Å². The van der Waals surface area contributed by atoms with Crippen molar-refractivity contribution in [2.45, 2.75) is 18.7 Å². The molecule has 0 aliphatic carbocycles. The van der Waals surface area contributed by atoms with Gasteiger partial charge < -0.3 is 4.72 Å². The molecule has 0 atom stereocenters. The van der Waals surface area contributed by atoms with Crippen LogP contribution in [-0.2, 0) is 10.0 Å². The van der Waals surface area contributed by atoms with E-state index in [0.29, 0.717) is 0 Å². The molecular weight excluding hydrogens is 217 g/mol. The number of hydrogen-bond donors (Lipinski definition) is 0. The number of nitrogens with zero attached hydrogens (tertiary/aromatic N) is 1. The van der Waals surface area contributed by atoms with E-state index < -0.39 is 10.0 Å². The summed E-state index contributed by atoms with van der Waals surface area (Å²) in [5.41, 5.74) is 1.02. The van der Waals surface area contributed by atoms with Gasteiger partial charge in [0.2, 0.25) is 0 Å². The van der Waals surface area contributed by atoms with Crippen LogP contribution in [0.3, 0.4) is 0 Å². The van der Waals surface area contributed by atoms with Crippen molar-refractivity contribution in [1.29, 1.82) is 0 Å². The van der Waals surface area contributed by atoms with Crippen LogP contribution in [-0.4, -0.2) is 15.0 Å². The molecule has 0 bridgehead atoms. The second kappa shape index (κ2) is 6.78. The maximum Gasteiger partial charge on any atom is 1.00 e. The Labute approximate surface area is 109 Å². The first-order valence-corrected chi connectivity index (χ1v) is 5.90. The van der Waals surface area contributed by atoms with Crippen molar-refractivity contribution >= 4 is 10.0 Å². The van der Waals surface area contributed by atoms with Crippen molar-refractivity contribution < 1.29 is 27.3 Å². The molecule has 0 N–H and O–H groups in total. The van der Waals surface area contributed by atoms with Crippen LogP contribution in [0.5, 0.6) is 0 Å². The van der Waals surface area contributed by atoms with E-state index in [1.165, 1.54) is 0 Å². The number of benzene rings is 1. The van der Waals surface area contributed by atoms with Gasteiger partial charge in [-0.3, -0.25) is 0 Å². The fourth-order valence-electron chi connectivity index (χ4n) is 0.981. The van der Waals surface area contributed by atoms with E-state index in [1.807, 2.05) is 6.92 Å². The number of aryl methyl sites for hydroxylation is 1. The van der Waals surface area contributed by atoms with Gasteiger partial charge in [-0.2, -0.15) is 0 Å². The van der Waals surface area contributed by atoms with Crippen LogP contribution < -0.4 is 18.9 Å². The average molecular weight is 229 g/mol. The van der Waals surface area contributed by atoms with Gasteiger partial charge in [0.05, 0.1) is 0 Å². The molecule has 1 aromatic carbocycles. The van der Waals surface area contributed by atoms with Crippen molar-refractivity contribution in [2.75, 3.05) is 6.54 Å². The van der Waals surface area contributed by atoms with Gasteiger partial charge in [0.1, 0.15) is 10.0 Å². The summed E-state index contributed by atoms with van der Waals surface area (Å²) in [6, 6.07) is 6.59. The summed E-state index contributed by atoms with van der Waals surface area (Å²) in [6.07, 6.45) is 0. The van der Waals surface area contributed by atoms with Crippen molar-refractivity contribution in [3.05, 3.63) is 34.6 Å². The van der Waals surface area contributed by atoms with Gasteiger partial charge in [0.25, 0.3) is 0 Å². The Balaban J connectivity index is 0.00000225. The first kappa shape index (κ1) is 15.3. The van der Waals surface area contributed by atoms with Crippen LogP contribution in [0.25, 0.3) is 4.72 Å². The molecule has 0 unspecified atom stereocenters. The second-order valence-corrected chi connectivity index (χ2v) is 4.68. The van der Waals surface area contributed by atoms with Crippen molar-refractivity contribution in [1.82, 2.24) is 0 Å². The zero-order chi connectivity index (χ0) is 11.3. The van der Waals surface area contributed by atoms with E-state index in [2.05, 4.69) is 16.6 Å². The molecule has 0 saturated carbocycles. The smallest absolute Gasteiger partial charge is 0.534 e. The molecule has 0 heterocycles. The predicted octanol–water partition coefficient (Wildman–Crippen LogP) is -0.915. The molecule has 0 aromatic heterocycles. The molecule has 16 heavy (non-hydrogen) atoms. The minimum atomic E-state index is -3.53. The summed E-state index contributed by atoms with van der Waals surface area (Å²) in [5, 5.41) is 0. The molecule has 1 rings (SSSR count). The van der Waals surface area contributed by atoms with Crippen LogP contribution in [0.15, 0.2) is 29.2 Å². The zero-order valence-electron chi connectivity index (χ0n) is 9.69. The summed E-state index contributed by atoms with van der Waals surface area (Å²) in [4.78, 5) is 0.214. The Bertz CT molecular complexity index is 483. The number of sulfonamides is 1. The van der Waals surface area contributed by atoms with Gasteiger partial charge >= 0.3 is 18.9 Å². The fraction of sp³-hybridized carbons (Fsp3) is 0.273. The molecule has 3 nitrogen and oxygen atoms in total. The summed E-state index contributed by atoms with van der Waals surface area (Å²) in [6.45, 7) is 3.57. The summed E-state index contributed by atoms with van der Waals surface area (Å²) in [7, 11) is -3.53. The maximum absolute atomic E-state index is 11.6. The third kappa shape index (κ3) is 4.43. The van der Waals surface area contributed by atoms with Gasteiger partial charge in [0, 0.05) is 4.90 Å². The molecule has 1 aromatic rings. The molecule has 0 aliphatic rings. The van der Waals surface area contributed by atoms with Crippen LogP contribution in [0, 0.1) is 18.8 Å². The Hall–Kier alpha value is -0.713. The molecule has 0 amide bonds. The molecule has 0 spiro atoms. The van der Waals surface area contributed by atoms with E-state index >= 15 is 0 Å². The Morgan fingerprint density at radius 1 is 1.25 bits per heavy atom. The topological polar surface area (TPSA) is 48.2 Å². The quantitative estimate of drug-likeness (QED) is 0.497.